The highest BCUT2D eigenvalue weighted by Gasteiger charge is 2.17. The maximum atomic E-state index is 13.3. The molecule has 0 fully saturated rings. The number of allylic oxidation sites excluding steroid dienone is 1. The minimum absolute atomic E-state index is 0.187. The van der Waals surface area contributed by atoms with Gasteiger partial charge >= 0.3 is 0 Å². The lowest BCUT2D eigenvalue weighted by atomic mass is 10.1. The summed E-state index contributed by atoms with van der Waals surface area (Å²) in [5.41, 5.74) is 2.84. The molecule has 0 spiro atoms. The van der Waals surface area contributed by atoms with Crippen molar-refractivity contribution in [3.8, 4) is 17.2 Å². The van der Waals surface area contributed by atoms with Crippen LogP contribution >= 0.6 is 0 Å². The zero-order chi connectivity index (χ0) is 26.5. The highest BCUT2D eigenvalue weighted by atomic mass is 16.5. The van der Waals surface area contributed by atoms with Crippen molar-refractivity contribution in [1.29, 1.82) is 0 Å². The highest BCUT2D eigenvalue weighted by Crippen LogP contribution is 2.38. The Labute approximate surface area is 214 Å². The minimum atomic E-state index is -0.268. The number of ketones is 1. The molecule has 188 valence electrons. The SMILES string of the molecule is COc1cc(C(=O)/C=C/c2cn(C(=O)c3ccc(NC(C)=O)cc3)c3ccccc23)cc(OC)c1OC. The van der Waals surface area contributed by atoms with E-state index in [4.69, 9.17) is 14.2 Å². The van der Waals surface area contributed by atoms with Crippen molar-refractivity contribution >= 4 is 40.3 Å². The molecule has 0 atom stereocenters. The van der Waals surface area contributed by atoms with Crippen LogP contribution in [0.4, 0.5) is 5.69 Å². The number of para-hydroxylation sites is 1. The van der Waals surface area contributed by atoms with E-state index in [1.165, 1.54) is 34.3 Å². The van der Waals surface area contributed by atoms with Gasteiger partial charge < -0.3 is 19.5 Å². The number of aromatic nitrogens is 1. The van der Waals surface area contributed by atoms with Crippen molar-refractivity contribution in [1.82, 2.24) is 4.57 Å². The van der Waals surface area contributed by atoms with Gasteiger partial charge in [-0.2, -0.15) is 0 Å². The molecule has 3 aromatic carbocycles. The Morgan fingerprint density at radius 2 is 1.49 bits per heavy atom. The van der Waals surface area contributed by atoms with Crippen LogP contribution in [0.25, 0.3) is 17.0 Å². The van der Waals surface area contributed by atoms with E-state index < -0.39 is 0 Å². The first-order valence-electron chi connectivity index (χ1n) is 11.4. The van der Waals surface area contributed by atoms with Crippen LogP contribution in [0.1, 0.15) is 33.2 Å². The number of methoxy groups -OCH3 is 3. The van der Waals surface area contributed by atoms with E-state index in [9.17, 15) is 14.4 Å². The van der Waals surface area contributed by atoms with Crippen LogP contribution in [0.2, 0.25) is 0 Å². The molecule has 0 unspecified atom stereocenters. The monoisotopic (exact) mass is 498 g/mol. The molecule has 0 bridgehead atoms. The van der Waals surface area contributed by atoms with E-state index in [1.807, 2.05) is 24.3 Å². The molecule has 4 aromatic rings. The molecule has 0 aliphatic rings. The largest absolute Gasteiger partial charge is 0.493 e. The molecule has 1 amide bonds. The molecule has 0 radical (unpaired) electrons. The average molecular weight is 499 g/mol. The van der Waals surface area contributed by atoms with Crippen LogP contribution in [-0.2, 0) is 4.79 Å². The molecule has 1 N–H and O–H groups in total. The van der Waals surface area contributed by atoms with E-state index in [-0.39, 0.29) is 17.6 Å². The second-order valence-corrected chi connectivity index (χ2v) is 8.15. The number of amides is 1. The summed E-state index contributed by atoms with van der Waals surface area (Å²) in [6, 6.07) is 17.3. The van der Waals surface area contributed by atoms with E-state index in [1.54, 1.807) is 53.2 Å². The van der Waals surface area contributed by atoms with Crippen molar-refractivity contribution in [2.75, 3.05) is 26.6 Å². The quantitative estimate of drug-likeness (QED) is 0.265. The Morgan fingerprint density at radius 1 is 0.838 bits per heavy atom. The standard InChI is InChI=1S/C29H26N2O6/c1-18(32)30-22-12-9-19(10-13-22)29(34)31-17-20(23-7-5-6-8-24(23)31)11-14-25(33)21-15-26(35-2)28(37-4)27(16-21)36-3/h5-17H,1-4H3,(H,30,32)/b14-11+. The van der Waals surface area contributed by atoms with Gasteiger partial charge in [0, 0.05) is 40.9 Å². The molecule has 1 aromatic heterocycles. The van der Waals surface area contributed by atoms with Crippen LogP contribution in [-0.4, -0.2) is 43.5 Å². The second-order valence-electron chi connectivity index (χ2n) is 8.15. The number of nitrogens with zero attached hydrogens (tertiary/aromatic N) is 1. The number of benzene rings is 3. The van der Waals surface area contributed by atoms with Crippen molar-refractivity contribution in [2.24, 2.45) is 0 Å². The fourth-order valence-electron chi connectivity index (χ4n) is 4.03. The summed E-state index contributed by atoms with van der Waals surface area (Å²) in [6.07, 6.45) is 4.82. The van der Waals surface area contributed by atoms with Crippen LogP contribution in [0, 0.1) is 0 Å². The zero-order valence-corrected chi connectivity index (χ0v) is 20.9. The Bertz CT molecular complexity index is 1490. The second kappa shape index (κ2) is 10.8. The number of hydrogen-bond donors (Lipinski definition) is 1. The molecule has 0 saturated heterocycles. The van der Waals surface area contributed by atoms with Crippen LogP contribution in [0.5, 0.6) is 17.2 Å². The third-order valence-corrected chi connectivity index (χ3v) is 5.78. The molecule has 8 nitrogen and oxygen atoms in total. The fourth-order valence-corrected chi connectivity index (χ4v) is 4.03. The number of nitrogens with one attached hydrogen (secondary N) is 1. The lowest BCUT2D eigenvalue weighted by Crippen LogP contribution is -2.11. The lowest BCUT2D eigenvalue weighted by Gasteiger charge is -2.13. The molecule has 4 rings (SSSR count). The maximum absolute atomic E-state index is 13.3. The van der Waals surface area contributed by atoms with Gasteiger partial charge in [-0.15, -0.1) is 0 Å². The van der Waals surface area contributed by atoms with Crippen molar-refractivity contribution in [3.05, 3.63) is 89.6 Å². The van der Waals surface area contributed by atoms with Gasteiger partial charge in [-0.25, -0.2) is 0 Å². The summed E-state index contributed by atoms with van der Waals surface area (Å²) in [4.78, 5) is 37.6. The topological polar surface area (TPSA) is 95.9 Å². The van der Waals surface area contributed by atoms with Gasteiger partial charge in [0.05, 0.1) is 26.8 Å². The first kappa shape index (κ1) is 25.2. The number of hydrogen-bond acceptors (Lipinski definition) is 6. The molecular formula is C29H26N2O6. The number of fused-ring (bicyclic) bond motifs is 1. The zero-order valence-electron chi connectivity index (χ0n) is 20.9. The first-order valence-corrected chi connectivity index (χ1v) is 11.4. The highest BCUT2D eigenvalue weighted by molar-refractivity contribution is 6.09. The third-order valence-electron chi connectivity index (χ3n) is 5.78. The molecule has 0 aliphatic carbocycles. The molecule has 0 aliphatic heterocycles. The molecule has 1 heterocycles. The Morgan fingerprint density at radius 3 is 2.08 bits per heavy atom. The average Bonchev–Trinajstić information content (AvgIpc) is 3.29. The predicted octanol–water partition coefficient (Wildman–Crippen LogP) is 5.21. The summed E-state index contributed by atoms with van der Waals surface area (Å²) in [6.45, 7) is 1.42. The Kier molecular flexibility index (Phi) is 7.39. The van der Waals surface area contributed by atoms with Gasteiger partial charge in [0.1, 0.15) is 0 Å². The number of carbonyl (C=O) groups excluding carboxylic acids is 3. The first-order chi connectivity index (χ1) is 17.9. The van der Waals surface area contributed by atoms with Gasteiger partial charge in [0.2, 0.25) is 11.7 Å². The van der Waals surface area contributed by atoms with Crippen LogP contribution in [0.3, 0.4) is 0 Å². The van der Waals surface area contributed by atoms with Gasteiger partial charge in [0.25, 0.3) is 5.91 Å². The smallest absolute Gasteiger partial charge is 0.262 e. The molecular weight excluding hydrogens is 472 g/mol. The van der Waals surface area contributed by atoms with Crippen molar-refractivity contribution in [3.63, 3.8) is 0 Å². The third kappa shape index (κ3) is 5.23. The van der Waals surface area contributed by atoms with Gasteiger partial charge in [-0.05, 0) is 54.6 Å². The Balaban J connectivity index is 1.66. The van der Waals surface area contributed by atoms with E-state index in [2.05, 4.69) is 5.32 Å². The predicted molar refractivity (Wildman–Crippen MR) is 142 cm³/mol. The number of anilines is 1. The summed E-state index contributed by atoms with van der Waals surface area (Å²) in [5, 5.41) is 3.50. The summed E-state index contributed by atoms with van der Waals surface area (Å²) in [7, 11) is 4.47. The minimum Gasteiger partial charge on any atom is -0.493 e. The molecule has 8 heteroatoms. The number of carbonyl (C=O) groups is 3. The maximum Gasteiger partial charge on any atom is 0.262 e. The number of ether oxygens (including phenoxy) is 3. The van der Waals surface area contributed by atoms with E-state index in [0.29, 0.717) is 45.1 Å². The molecule has 37 heavy (non-hydrogen) atoms. The summed E-state index contributed by atoms with van der Waals surface area (Å²) >= 11 is 0. The number of rotatable bonds is 8. The summed E-state index contributed by atoms with van der Waals surface area (Å²) in [5.74, 6) is 0.470. The van der Waals surface area contributed by atoms with Crippen LogP contribution in [0.15, 0.2) is 72.9 Å². The van der Waals surface area contributed by atoms with E-state index >= 15 is 0 Å². The van der Waals surface area contributed by atoms with E-state index in [0.717, 1.165) is 5.39 Å². The van der Waals surface area contributed by atoms with Gasteiger partial charge in [-0.3, -0.25) is 19.0 Å². The lowest BCUT2D eigenvalue weighted by molar-refractivity contribution is -0.114. The van der Waals surface area contributed by atoms with Crippen molar-refractivity contribution in [2.45, 2.75) is 6.92 Å². The summed E-state index contributed by atoms with van der Waals surface area (Å²) < 4.78 is 17.6. The van der Waals surface area contributed by atoms with Gasteiger partial charge in [0.15, 0.2) is 17.3 Å². The molecule has 0 saturated carbocycles. The van der Waals surface area contributed by atoms with Crippen molar-refractivity contribution < 1.29 is 28.6 Å². The fraction of sp³-hybridized carbons (Fsp3) is 0.138. The van der Waals surface area contributed by atoms with Gasteiger partial charge in [-0.1, -0.05) is 18.2 Å². The van der Waals surface area contributed by atoms with Crippen LogP contribution < -0.4 is 19.5 Å². The Hall–Kier alpha value is -4.85. The normalized spacial score (nSPS) is 10.9.